The fourth-order valence-corrected chi connectivity index (χ4v) is 6.15. The maximum absolute atomic E-state index is 5.11. The van der Waals surface area contributed by atoms with E-state index in [0.29, 0.717) is 0 Å². The Kier molecular flexibility index (Phi) is 6.35. The first kappa shape index (κ1) is 25.3. The lowest BCUT2D eigenvalue weighted by atomic mass is 10.0. The van der Waals surface area contributed by atoms with Gasteiger partial charge in [-0.25, -0.2) is 4.99 Å². The van der Waals surface area contributed by atoms with Gasteiger partial charge in [-0.05, 0) is 40.6 Å². The van der Waals surface area contributed by atoms with E-state index in [1.165, 1.54) is 32.9 Å². The molecule has 208 valence electrons. The summed E-state index contributed by atoms with van der Waals surface area (Å²) in [4.78, 5) is 5.09. The van der Waals surface area contributed by atoms with Crippen molar-refractivity contribution in [2.45, 2.75) is 18.5 Å². The molecule has 3 unspecified atom stereocenters. The average molecular weight is 557 g/mol. The van der Waals surface area contributed by atoms with Crippen LogP contribution in [0.1, 0.15) is 23.5 Å². The van der Waals surface area contributed by atoms with Gasteiger partial charge in [-0.2, -0.15) is 6.20 Å². The van der Waals surface area contributed by atoms with Crippen molar-refractivity contribution in [3.63, 3.8) is 0 Å². The van der Waals surface area contributed by atoms with E-state index >= 15 is 0 Å². The van der Waals surface area contributed by atoms with Crippen LogP contribution < -0.4 is 10.6 Å². The molecule has 3 atom stereocenters. The van der Waals surface area contributed by atoms with Crippen LogP contribution in [-0.4, -0.2) is 16.6 Å². The van der Waals surface area contributed by atoms with Crippen molar-refractivity contribution in [2.75, 3.05) is 0 Å². The molecule has 0 fully saturated rings. The molecule has 2 aliphatic rings. The zero-order valence-electron chi connectivity index (χ0n) is 23.5. The minimum absolute atomic E-state index is 0.0836. The Morgan fingerprint density at radius 2 is 1.30 bits per heavy atom. The molecule has 2 aliphatic heterocycles. The minimum Gasteiger partial charge on any atom is -0.668 e. The smallest absolute Gasteiger partial charge is 0.131 e. The summed E-state index contributed by atoms with van der Waals surface area (Å²) in [6.07, 6.45) is 5.86. The van der Waals surface area contributed by atoms with E-state index in [1.807, 2.05) is 30.5 Å². The van der Waals surface area contributed by atoms with Crippen molar-refractivity contribution in [1.82, 2.24) is 15.2 Å². The van der Waals surface area contributed by atoms with Gasteiger partial charge in [-0.3, -0.25) is 5.32 Å². The Morgan fingerprint density at radius 3 is 2.05 bits per heavy atom. The maximum Gasteiger partial charge on any atom is 0.131 e. The number of benzene rings is 5. The molecule has 5 aromatic carbocycles. The van der Waals surface area contributed by atoms with Gasteiger partial charge in [0.1, 0.15) is 18.2 Å². The Labute approximate surface area is 250 Å². The summed E-state index contributed by atoms with van der Waals surface area (Å²) in [6.45, 7) is 0. The molecule has 3 heterocycles. The molecule has 0 amide bonds. The molecule has 0 bridgehead atoms. The Bertz CT molecular complexity index is 2010. The normalized spacial score (nSPS) is 19.9. The molecular formula is C38H30N5-. The quantitative estimate of drug-likeness (QED) is 0.224. The number of amidine groups is 1. The number of nitrogens with one attached hydrogen (secondary N) is 2. The van der Waals surface area contributed by atoms with Crippen molar-refractivity contribution in [3.05, 3.63) is 174 Å². The molecular weight excluding hydrogens is 526 g/mol. The van der Waals surface area contributed by atoms with Crippen molar-refractivity contribution < 1.29 is 0 Å². The van der Waals surface area contributed by atoms with E-state index in [9.17, 15) is 0 Å². The first-order valence-corrected chi connectivity index (χ1v) is 14.7. The highest BCUT2D eigenvalue weighted by molar-refractivity contribution is 6.09. The summed E-state index contributed by atoms with van der Waals surface area (Å²) in [7, 11) is 0. The molecule has 0 aliphatic carbocycles. The first-order chi connectivity index (χ1) is 21.3. The molecule has 2 N–H and O–H groups in total. The van der Waals surface area contributed by atoms with Crippen LogP contribution in [0.25, 0.3) is 38.2 Å². The Balaban J connectivity index is 1.15. The van der Waals surface area contributed by atoms with Gasteiger partial charge in [0.15, 0.2) is 0 Å². The van der Waals surface area contributed by atoms with E-state index in [4.69, 9.17) is 10.3 Å². The number of hydrogen-bond donors (Lipinski definition) is 2. The average Bonchev–Trinajstić information content (AvgIpc) is 3.43. The summed E-state index contributed by atoms with van der Waals surface area (Å²) in [5.74, 6) is 0.866. The lowest BCUT2D eigenvalue weighted by molar-refractivity contribution is 0.434. The summed E-state index contributed by atoms with van der Waals surface area (Å²) in [6, 6.07) is 46.6. The molecule has 0 spiro atoms. The van der Waals surface area contributed by atoms with E-state index in [2.05, 4.69) is 137 Å². The third-order valence-electron chi connectivity index (χ3n) is 8.28. The highest BCUT2D eigenvalue weighted by Crippen LogP contribution is 2.38. The molecule has 5 nitrogen and oxygen atoms in total. The fourth-order valence-electron chi connectivity index (χ4n) is 6.15. The van der Waals surface area contributed by atoms with Crippen LogP contribution in [0.15, 0.2) is 162 Å². The van der Waals surface area contributed by atoms with E-state index in [-0.39, 0.29) is 18.5 Å². The van der Waals surface area contributed by atoms with Crippen molar-refractivity contribution in [3.8, 4) is 11.1 Å². The van der Waals surface area contributed by atoms with Crippen LogP contribution in [0.3, 0.4) is 0 Å². The predicted molar refractivity (Wildman–Crippen MR) is 177 cm³/mol. The number of nitrogens with zero attached hydrogens (tertiary/aromatic N) is 3. The number of aromatic nitrogens is 1. The van der Waals surface area contributed by atoms with Gasteiger partial charge in [-0.15, -0.1) is 0 Å². The van der Waals surface area contributed by atoms with Gasteiger partial charge in [-0.1, -0.05) is 133 Å². The van der Waals surface area contributed by atoms with Crippen LogP contribution in [0.5, 0.6) is 0 Å². The predicted octanol–water partition coefficient (Wildman–Crippen LogP) is 8.45. The minimum atomic E-state index is -0.245. The second-order valence-corrected chi connectivity index (χ2v) is 10.9. The number of hydrogen-bond acceptors (Lipinski definition) is 3. The zero-order chi connectivity index (χ0) is 28.6. The standard InChI is InChI=1S/C38H30N5/c1-4-12-26(13-5-1)29-20-22-32-31-18-10-11-19-33(31)43(34(32)24-29)35-23-21-30(25-39-35)38-41-36(27-14-6-2-7-15-27)40-37(42-38)28-16-8-3-9-17-28/h1-25,35-36,38,41H,(H,40,42)/q-1. The molecule has 0 radical (unpaired) electrons. The van der Waals surface area contributed by atoms with Crippen LogP contribution in [0.4, 0.5) is 0 Å². The van der Waals surface area contributed by atoms with Gasteiger partial charge >= 0.3 is 0 Å². The topological polar surface area (TPSA) is 55.5 Å². The second kappa shape index (κ2) is 10.8. The number of aliphatic imine (C=N–C) groups is 1. The molecule has 43 heavy (non-hydrogen) atoms. The fraction of sp³-hybridized carbons (Fsp3) is 0.0789. The summed E-state index contributed by atoms with van der Waals surface area (Å²) in [5, 5.41) is 14.9. The maximum atomic E-state index is 5.11. The van der Waals surface area contributed by atoms with Crippen molar-refractivity contribution >= 4 is 27.6 Å². The third kappa shape index (κ3) is 4.70. The van der Waals surface area contributed by atoms with Crippen molar-refractivity contribution in [1.29, 1.82) is 0 Å². The molecule has 6 aromatic rings. The monoisotopic (exact) mass is 556 g/mol. The van der Waals surface area contributed by atoms with Gasteiger partial charge < -0.3 is 15.2 Å². The first-order valence-electron chi connectivity index (χ1n) is 14.7. The van der Waals surface area contributed by atoms with Crippen LogP contribution >= 0.6 is 0 Å². The molecule has 0 saturated carbocycles. The summed E-state index contributed by atoms with van der Waals surface area (Å²) >= 11 is 0. The van der Waals surface area contributed by atoms with E-state index in [0.717, 1.165) is 22.5 Å². The van der Waals surface area contributed by atoms with E-state index in [1.54, 1.807) is 0 Å². The highest BCUT2D eigenvalue weighted by atomic mass is 15.3. The Hall–Kier alpha value is -5.39. The molecule has 0 saturated heterocycles. The van der Waals surface area contributed by atoms with Crippen LogP contribution in [0, 0.1) is 0 Å². The summed E-state index contributed by atoms with van der Waals surface area (Å²) in [5.41, 5.74) is 7.99. The van der Waals surface area contributed by atoms with Gasteiger partial charge in [0.05, 0.1) is 0 Å². The van der Waals surface area contributed by atoms with E-state index < -0.39 is 0 Å². The Morgan fingerprint density at radius 1 is 0.628 bits per heavy atom. The lowest BCUT2D eigenvalue weighted by Gasteiger charge is -2.38. The van der Waals surface area contributed by atoms with Crippen molar-refractivity contribution in [2.24, 2.45) is 4.99 Å². The number of fused-ring (bicyclic) bond motifs is 3. The highest BCUT2D eigenvalue weighted by Gasteiger charge is 2.26. The van der Waals surface area contributed by atoms with Gasteiger partial charge in [0.2, 0.25) is 0 Å². The third-order valence-corrected chi connectivity index (χ3v) is 8.28. The SMILES string of the molecule is C1=CC(n2c3ccccc3c3ccc(-c4ccccc4)cc32)[N-]C=C1C1N=C(c2ccccc2)NC(c2ccccc2)N1. The largest absolute Gasteiger partial charge is 0.668 e. The lowest BCUT2D eigenvalue weighted by Crippen LogP contribution is -2.49. The molecule has 1 aromatic heterocycles. The van der Waals surface area contributed by atoms with Gasteiger partial charge in [0.25, 0.3) is 0 Å². The number of rotatable bonds is 5. The zero-order valence-corrected chi connectivity index (χ0v) is 23.5. The van der Waals surface area contributed by atoms with Crippen LogP contribution in [0.2, 0.25) is 0 Å². The molecule has 8 rings (SSSR count). The van der Waals surface area contributed by atoms with Crippen LogP contribution in [-0.2, 0) is 0 Å². The molecule has 5 heteroatoms. The second-order valence-electron chi connectivity index (χ2n) is 10.9. The number of para-hydroxylation sites is 1. The van der Waals surface area contributed by atoms with Gasteiger partial charge in [0, 0.05) is 27.4 Å². The summed E-state index contributed by atoms with van der Waals surface area (Å²) < 4.78 is 2.35.